The number of sulfonamides is 4. The molecule has 0 bridgehead atoms. The number of nitrogens with one attached hydrogen (secondary N) is 2. The summed E-state index contributed by atoms with van der Waals surface area (Å²) in [7, 11) is -16.7. The Kier molecular flexibility index (Phi) is 25.6. The molecule has 1 saturated carbocycles. The van der Waals surface area contributed by atoms with Crippen LogP contribution in [0.3, 0.4) is 0 Å². The lowest BCUT2D eigenvalue weighted by molar-refractivity contribution is -0.129. The summed E-state index contributed by atoms with van der Waals surface area (Å²) in [5.41, 5.74) is 9.83. The van der Waals surface area contributed by atoms with Crippen molar-refractivity contribution in [2.45, 2.75) is 193 Å². The molecule has 0 aromatic heterocycles. The van der Waals surface area contributed by atoms with Gasteiger partial charge < -0.3 is 5.32 Å². The van der Waals surface area contributed by atoms with E-state index in [9.17, 15) is 26.4 Å². The Morgan fingerprint density at radius 3 is 0.964 bits per heavy atom. The second kappa shape index (κ2) is 30.7. The van der Waals surface area contributed by atoms with Crippen LogP contribution in [-0.2, 0) is 49.7 Å². The molecular formula is C62H94N6O11S4. The van der Waals surface area contributed by atoms with Crippen LogP contribution in [0.4, 0.5) is 0 Å². The molecule has 5 rings (SSSR count). The smallest absolute Gasteiger partial charge is 0.243 e. The average Bonchev–Trinajstić information content (AvgIpc) is 2.45. The number of hydroxylamine groups is 1. The minimum atomic E-state index is -4.29. The van der Waals surface area contributed by atoms with Crippen LogP contribution in [0.2, 0.25) is 0 Å². The molecule has 1 aliphatic carbocycles. The number of rotatable bonds is 31. The van der Waals surface area contributed by atoms with E-state index in [1.54, 1.807) is 75.6 Å². The SMILES string of the molecule is Cc1cc(C)c(S(=O)(=O)N(CCCNC(=O)CCCCC(=O)NO)CCCN(CCCN(CCCN(CC2CCCCCC2)S(=O)(=O)c2c(C)cc(C)cc2C)S(=O)(=O)c2c(C)cc(C)cc2C)S(=O)(=O)c2c(C)cc(C)cc2C)c(C)c1. The fourth-order valence-corrected chi connectivity index (χ4v) is 20.2. The number of amides is 2. The van der Waals surface area contributed by atoms with E-state index in [4.69, 9.17) is 5.21 Å². The maximum Gasteiger partial charge on any atom is 0.243 e. The molecule has 4 aromatic carbocycles. The van der Waals surface area contributed by atoms with Gasteiger partial charge in [-0.1, -0.05) is 96.5 Å². The van der Waals surface area contributed by atoms with Gasteiger partial charge in [0.05, 0.1) is 19.6 Å². The molecule has 0 heterocycles. The average molecular weight is 1230 g/mol. The third-order valence-electron chi connectivity index (χ3n) is 15.8. The predicted octanol–water partition coefficient (Wildman–Crippen LogP) is 10.2. The Hall–Kier alpha value is -4.58. The molecule has 0 unspecified atom stereocenters. The van der Waals surface area contributed by atoms with Crippen molar-refractivity contribution in [3.05, 3.63) is 115 Å². The Morgan fingerprint density at radius 2 is 0.663 bits per heavy atom. The van der Waals surface area contributed by atoms with Gasteiger partial charge in [-0.25, -0.2) is 39.2 Å². The van der Waals surface area contributed by atoms with E-state index in [-0.39, 0.29) is 122 Å². The molecule has 3 N–H and O–H groups in total. The lowest BCUT2D eigenvalue weighted by Gasteiger charge is -2.30. The van der Waals surface area contributed by atoms with Gasteiger partial charge in [0.25, 0.3) is 0 Å². The van der Waals surface area contributed by atoms with Crippen molar-refractivity contribution in [2.75, 3.05) is 58.9 Å². The fraction of sp³-hybridized carbons (Fsp3) is 0.581. The topological polar surface area (TPSA) is 228 Å². The van der Waals surface area contributed by atoms with E-state index in [2.05, 4.69) is 5.32 Å². The zero-order valence-corrected chi connectivity index (χ0v) is 54.7. The van der Waals surface area contributed by atoms with Crippen molar-refractivity contribution >= 4 is 51.9 Å². The summed E-state index contributed by atoms with van der Waals surface area (Å²) in [5.74, 6) is -0.660. The Labute approximate surface area is 498 Å². The van der Waals surface area contributed by atoms with Crippen LogP contribution in [0.1, 0.15) is 157 Å². The van der Waals surface area contributed by atoms with E-state index < -0.39 is 46.0 Å². The summed E-state index contributed by atoms with van der Waals surface area (Å²) in [4.78, 5) is 24.8. The molecule has 0 spiro atoms. The first-order valence-corrected chi connectivity index (χ1v) is 35.2. The van der Waals surface area contributed by atoms with Crippen LogP contribution in [0.25, 0.3) is 0 Å². The van der Waals surface area contributed by atoms with E-state index in [0.717, 1.165) is 60.8 Å². The van der Waals surface area contributed by atoms with Crippen molar-refractivity contribution < 1.29 is 48.5 Å². The van der Waals surface area contributed by atoms with Crippen LogP contribution in [0.5, 0.6) is 0 Å². The third-order valence-corrected chi connectivity index (χ3v) is 24.6. The molecule has 83 heavy (non-hydrogen) atoms. The molecule has 0 aliphatic heterocycles. The van der Waals surface area contributed by atoms with E-state index in [1.807, 2.05) is 65.8 Å². The molecule has 4 aromatic rings. The van der Waals surface area contributed by atoms with Crippen molar-refractivity contribution in [1.29, 1.82) is 0 Å². The second-order valence-electron chi connectivity index (χ2n) is 23.4. The number of aryl methyl sites for hydroxylation is 12. The Balaban J connectivity index is 1.47. The van der Waals surface area contributed by atoms with Gasteiger partial charge in [-0.3, -0.25) is 14.8 Å². The highest BCUT2D eigenvalue weighted by atomic mass is 32.2. The minimum Gasteiger partial charge on any atom is -0.356 e. The van der Waals surface area contributed by atoms with Gasteiger partial charge >= 0.3 is 0 Å². The van der Waals surface area contributed by atoms with E-state index in [1.165, 1.54) is 12.9 Å². The molecule has 1 fully saturated rings. The van der Waals surface area contributed by atoms with Crippen LogP contribution >= 0.6 is 0 Å². The highest BCUT2D eigenvalue weighted by Gasteiger charge is 2.35. The number of hydrogen-bond acceptors (Lipinski definition) is 11. The largest absolute Gasteiger partial charge is 0.356 e. The summed E-state index contributed by atoms with van der Waals surface area (Å²) >= 11 is 0. The van der Waals surface area contributed by atoms with Crippen LogP contribution in [-0.4, -0.2) is 127 Å². The molecule has 0 saturated heterocycles. The monoisotopic (exact) mass is 1230 g/mol. The van der Waals surface area contributed by atoms with Crippen molar-refractivity contribution in [1.82, 2.24) is 28.0 Å². The zero-order valence-electron chi connectivity index (χ0n) is 51.4. The highest BCUT2D eigenvalue weighted by molar-refractivity contribution is 7.90. The first-order valence-electron chi connectivity index (χ1n) is 29.4. The predicted molar refractivity (Wildman–Crippen MR) is 329 cm³/mol. The molecule has 2 amide bonds. The number of carbonyl (C=O) groups excluding carboxylic acids is 2. The van der Waals surface area contributed by atoms with Gasteiger partial charge in [0.2, 0.25) is 51.9 Å². The second-order valence-corrected chi connectivity index (χ2v) is 30.8. The molecule has 1 aliphatic rings. The minimum absolute atomic E-state index is 0.00323. The lowest BCUT2D eigenvalue weighted by Crippen LogP contribution is -2.41. The molecule has 0 atom stereocenters. The standard InChI is InChI=1S/C62H94N6O11S4/c1-44-35-48(5)59(49(6)36-44)80(72,73)65(28-19-27-63-57(69)25-17-18-26-58(70)64-71)29-20-30-66(81(74,75)60-50(7)37-45(2)38-51(60)8)31-21-32-67(82(76,77)61-52(9)39-46(3)40-53(61)10)33-22-34-68(43-56-23-15-13-14-16-24-56)83(78,79)62-54(11)41-47(4)42-55(62)12/h35-42,56,71H,13-34,43H2,1-12H3,(H,63,69)(H,64,70). The van der Waals surface area contributed by atoms with E-state index in [0.29, 0.717) is 63.9 Å². The van der Waals surface area contributed by atoms with Crippen molar-refractivity contribution in [3.63, 3.8) is 0 Å². The first kappa shape index (κ1) is 69.2. The normalized spacial score (nSPS) is 14.0. The molecule has 21 heteroatoms. The molecule has 17 nitrogen and oxygen atoms in total. The van der Waals surface area contributed by atoms with Crippen LogP contribution in [0.15, 0.2) is 68.1 Å². The number of hydrogen-bond donors (Lipinski definition) is 3. The van der Waals surface area contributed by atoms with Crippen molar-refractivity contribution in [2.24, 2.45) is 5.92 Å². The maximum absolute atomic E-state index is 15.2. The lowest BCUT2D eigenvalue weighted by atomic mass is 10.0. The van der Waals surface area contributed by atoms with Crippen LogP contribution in [0, 0.1) is 89.0 Å². The molecule has 462 valence electrons. The number of unbranched alkanes of at least 4 members (excludes halogenated alkanes) is 1. The van der Waals surface area contributed by atoms with Gasteiger partial charge in [-0.05, 0) is 185 Å². The molecular weight excluding hydrogens is 1130 g/mol. The number of benzene rings is 4. The zero-order chi connectivity index (χ0) is 61.6. The molecule has 0 radical (unpaired) electrons. The summed E-state index contributed by atoms with van der Waals surface area (Å²) < 4.78 is 126. The Bertz CT molecular complexity index is 3290. The van der Waals surface area contributed by atoms with Crippen molar-refractivity contribution in [3.8, 4) is 0 Å². The first-order chi connectivity index (χ1) is 38.9. The summed E-state index contributed by atoms with van der Waals surface area (Å²) in [6.07, 6.45) is 7.58. The fourth-order valence-electron chi connectivity index (χ4n) is 12.5. The van der Waals surface area contributed by atoms with Crippen LogP contribution < -0.4 is 10.8 Å². The quantitative estimate of drug-likeness (QED) is 0.0186. The summed E-state index contributed by atoms with van der Waals surface area (Å²) in [6.45, 7) is 21.8. The highest BCUT2D eigenvalue weighted by Crippen LogP contribution is 2.33. The number of nitrogens with zero attached hydrogens (tertiary/aromatic N) is 4. The van der Waals surface area contributed by atoms with Gasteiger partial charge in [-0.15, -0.1) is 0 Å². The van der Waals surface area contributed by atoms with E-state index >= 15 is 16.8 Å². The van der Waals surface area contributed by atoms with Gasteiger partial charge in [-0.2, -0.15) is 17.2 Å². The summed E-state index contributed by atoms with van der Waals surface area (Å²) in [6, 6.07) is 14.6. The van der Waals surface area contributed by atoms with Gasteiger partial charge in [0.15, 0.2) is 0 Å². The van der Waals surface area contributed by atoms with Gasteiger partial charge in [0.1, 0.15) is 0 Å². The Morgan fingerprint density at radius 1 is 0.398 bits per heavy atom. The third kappa shape index (κ3) is 18.5. The maximum atomic E-state index is 15.2. The van der Waals surface area contributed by atoms with Gasteiger partial charge in [0, 0.05) is 71.7 Å². The number of carbonyl (C=O) groups is 2. The summed E-state index contributed by atoms with van der Waals surface area (Å²) in [5, 5.41) is 11.6.